The maximum Gasteiger partial charge on any atom is 0.325 e. The third kappa shape index (κ3) is 5.42. The van der Waals surface area contributed by atoms with Crippen LogP contribution in [-0.4, -0.2) is 29.6 Å². The fourth-order valence-electron chi connectivity index (χ4n) is 1.42. The molecule has 0 radical (unpaired) electrons. The molecule has 104 valence electrons. The number of amides is 1. The zero-order valence-electron chi connectivity index (χ0n) is 11.1. The lowest BCUT2D eigenvalue weighted by Gasteiger charge is -2.15. The van der Waals surface area contributed by atoms with Crippen LogP contribution in [0.3, 0.4) is 0 Å². The Hall–Kier alpha value is -2.04. The van der Waals surface area contributed by atoms with Gasteiger partial charge in [-0.15, -0.1) is 0 Å². The van der Waals surface area contributed by atoms with Crippen molar-refractivity contribution in [3.63, 3.8) is 0 Å². The molecular weight excluding hydrogens is 246 g/mol. The highest BCUT2D eigenvalue weighted by atomic mass is 16.5. The van der Waals surface area contributed by atoms with Crippen LogP contribution in [-0.2, 0) is 9.59 Å². The summed E-state index contributed by atoms with van der Waals surface area (Å²) in [5.41, 5.74) is 0. The van der Waals surface area contributed by atoms with Gasteiger partial charge < -0.3 is 15.2 Å². The number of carboxylic acids is 1. The molecule has 0 heterocycles. The minimum absolute atomic E-state index is 0.272. The number of nitrogens with one attached hydrogen (secondary N) is 1. The number of carbonyl (C=O) groups is 2. The number of hydrogen-bond acceptors (Lipinski definition) is 3. The van der Waals surface area contributed by atoms with Gasteiger partial charge in [-0.2, -0.15) is 0 Å². The van der Waals surface area contributed by atoms with Crippen molar-refractivity contribution in [2.24, 2.45) is 5.92 Å². The Morgan fingerprint density at radius 1 is 1.26 bits per heavy atom. The van der Waals surface area contributed by atoms with Crippen molar-refractivity contribution in [3.8, 4) is 5.75 Å². The van der Waals surface area contributed by atoms with E-state index in [9.17, 15) is 9.59 Å². The van der Waals surface area contributed by atoms with E-state index < -0.39 is 12.0 Å². The summed E-state index contributed by atoms with van der Waals surface area (Å²) in [6.07, 6.45) is 0.535. The van der Waals surface area contributed by atoms with Crippen molar-refractivity contribution in [1.29, 1.82) is 0 Å². The fraction of sp³-hybridized carbons (Fsp3) is 0.429. The molecule has 2 N–H and O–H groups in total. The van der Waals surface area contributed by atoms with E-state index in [1.807, 2.05) is 30.3 Å². The maximum absolute atomic E-state index is 11.7. The molecule has 0 aromatic heterocycles. The molecule has 0 saturated carbocycles. The van der Waals surface area contributed by atoms with Crippen molar-refractivity contribution in [3.05, 3.63) is 30.3 Å². The van der Waals surface area contributed by atoms with Crippen LogP contribution in [0.5, 0.6) is 5.75 Å². The summed E-state index contributed by atoms with van der Waals surface area (Å²) in [5, 5.41) is 11.1. The molecule has 0 spiro atoms. The Kier molecular flexibility index (Phi) is 5.85. The number of aliphatic carboxylic acids is 1. The van der Waals surface area contributed by atoms with Crippen molar-refractivity contribution in [2.75, 3.05) is 6.61 Å². The Bertz CT molecular complexity index is 419. The van der Waals surface area contributed by atoms with Crippen LogP contribution in [0.2, 0.25) is 0 Å². The summed E-state index contributed by atoms with van der Waals surface area (Å²) >= 11 is 0. The number of carbonyl (C=O) groups excluding carboxylic acids is 1. The smallest absolute Gasteiger partial charge is 0.325 e. The lowest BCUT2D eigenvalue weighted by atomic mass is 10.1. The molecule has 1 amide bonds. The second-order valence-corrected chi connectivity index (χ2v) is 4.42. The van der Waals surface area contributed by atoms with Crippen LogP contribution in [0.4, 0.5) is 0 Å². The quantitative estimate of drug-likeness (QED) is 0.786. The largest absolute Gasteiger partial charge is 0.494 e. The molecule has 1 rings (SSSR count). The highest BCUT2D eigenvalue weighted by Gasteiger charge is 2.18. The summed E-state index contributed by atoms with van der Waals surface area (Å²) in [5.74, 6) is -0.841. The highest BCUT2D eigenvalue weighted by Crippen LogP contribution is 2.10. The molecule has 1 aromatic rings. The van der Waals surface area contributed by atoms with E-state index in [1.165, 1.54) is 6.92 Å². The van der Waals surface area contributed by atoms with Gasteiger partial charge in [0.2, 0.25) is 5.91 Å². The van der Waals surface area contributed by atoms with Crippen molar-refractivity contribution in [1.82, 2.24) is 5.32 Å². The summed E-state index contributed by atoms with van der Waals surface area (Å²) < 4.78 is 5.48. The van der Waals surface area contributed by atoms with Crippen LogP contribution >= 0.6 is 0 Å². The minimum atomic E-state index is -1.04. The lowest BCUT2D eigenvalue weighted by Crippen LogP contribution is -2.41. The van der Waals surface area contributed by atoms with Gasteiger partial charge in [0.1, 0.15) is 11.8 Å². The van der Waals surface area contributed by atoms with E-state index in [4.69, 9.17) is 9.84 Å². The molecule has 5 heteroatoms. The average molecular weight is 265 g/mol. The summed E-state index contributed by atoms with van der Waals surface area (Å²) in [6.45, 7) is 3.60. The Morgan fingerprint density at radius 3 is 2.47 bits per heavy atom. The second-order valence-electron chi connectivity index (χ2n) is 4.42. The van der Waals surface area contributed by atoms with E-state index in [-0.39, 0.29) is 11.8 Å². The van der Waals surface area contributed by atoms with Gasteiger partial charge in [-0.05, 0) is 25.5 Å². The second kappa shape index (κ2) is 7.41. The molecule has 0 bridgehead atoms. The third-order valence-corrected chi connectivity index (χ3v) is 2.74. The molecule has 1 unspecified atom stereocenters. The molecule has 2 atom stereocenters. The molecule has 0 aliphatic heterocycles. The normalized spacial score (nSPS) is 13.4. The molecule has 0 fully saturated rings. The van der Waals surface area contributed by atoms with Gasteiger partial charge in [-0.1, -0.05) is 25.1 Å². The van der Waals surface area contributed by atoms with Gasteiger partial charge in [-0.25, -0.2) is 0 Å². The van der Waals surface area contributed by atoms with Gasteiger partial charge in [-0.3, -0.25) is 9.59 Å². The van der Waals surface area contributed by atoms with Crippen LogP contribution in [0.1, 0.15) is 20.3 Å². The van der Waals surface area contributed by atoms with Crippen molar-refractivity contribution >= 4 is 11.9 Å². The van der Waals surface area contributed by atoms with Gasteiger partial charge >= 0.3 is 5.97 Å². The standard InChI is InChI=1S/C14H19NO4/c1-10(13(16)15-11(2)14(17)18)8-9-19-12-6-4-3-5-7-12/h3-7,10-11H,8-9H2,1-2H3,(H,15,16)(H,17,18)/t10?,11-/m0/s1. The SMILES string of the molecule is CC(CCOc1ccccc1)C(=O)N[C@@H](C)C(=O)O. The predicted octanol–water partition coefficient (Wildman–Crippen LogP) is 1.68. The van der Waals surface area contributed by atoms with E-state index in [2.05, 4.69) is 5.32 Å². The predicted molar refractivity (Wildman–Crippen MR) is 71.0 cm³/mol. The van der Waals surface area contributed by atoms with E-state index >= 15 is 0 Å². The Morgan fingerprint density at radius 2 is 1.89 bits per heavy atom. The molecular formula is C14H19NO4. The van der Waals surface area contributed by atoms with E-state index in [0.717, 1.165) is 5.75 Å². The highest BCUT2D eigenvalue weighted by molar-refractivity contribution is 5.84. The number of ether oxygens (including phenoxy) is 1. The van der Waals surface area contributed by atoms with Crippen LogP contribution in [0, 0.1) is 5.92 Å². The number of carboxylic acid groups (broad SMARTS) is 1. The van der Waals surface area contributed by atoms with Gasteiger partial charge in [0.25, 0.3) is 0 Å². The Balaban J connectivity index is 2.29. The van der Waals surface area contributed by atoms with Crippen molar-refractivity contribution in [2.45, 2.75) is 26.3 Å². The van der Waals surface area contributed by atoms with Gasteiger partial charge in [0, 0.05) is 5.92 Å². The molecule has 0 saturated heterocycles. The van der Waals surface area contributed by atoms with Crippen molar-refractivity contribution < 1.29 is 19.4 Å². The van der Waals surface area contributed by atoms with Gasteiger partial charge in [0.15, 0.2) is 0 Å². The third-order valence-electron chi connectivity index (χ3n) is 2.74. The first kappa shape index (κ1) is 15.0. The molecule has 0 aliphatic rings. The van der Waals surface area contributed by atoms with Crippen LogP contribution in [0.15, 0.2) is 30.3 Å². The Labute approximate surface area is 112 Å². The van der Waals surface area contributed by atoms with Crippen LogP contribution < -0.4 is 10.1 Å². The lowest BCUT2D eigenvalue weighted by molar-refractivity contribution is -0.141. The van der Waals surface area contributed by atoms with Gasteiger partial charge in [0.05, 0.1) is 6.61 Å². The summed E-state index contributed by atoms with van der Waals surface area (Å²) in [6, 6.07) is 8.47. The topological polar surface area (TPSA) is 75.6 Å². The minimum Gasteiger partial charge on any atom is -0.494 e. The number of benzene rings is 1. The van der Waals surface area contributed by atoms with Crippen LogP contribution in [0.25, 0.3) is 0 Å². The molecule has 19 heavy (non-hydrogen) atoms. The monoisotopic (exact) mass is 265 g/mol. The first-order valence-electron chi connectivity index (χ1n) is 6.21. The van der Waals surface area contributed by atoms with E-state index in [0.29, 0.717) is 13.0 Å². The van der Waals surface area contributed by atoms with E-state index in [1.54, 1.807) is 6.92 Å². The zero-order chi connectivity index (χ0) is 14.3. The molecule has 5 nitrogen and oxygen atoms in total. The first-order chi connectivity index (χ1) is 9.00. The first-order valence-corrected chi connectivity index (χ1v) is 6.21. The summed E-state index contributed by atoms with van der Waals surface area (Å²) in [7, 11) is 0. The summed E-state index contributed by atoms with van der Waals surface area (Å²) in [4.78, 5) is 22.3. The zero-order valence-corrected chi connectivity index (χ0v) is 11.1. The number of rotatable bonds is 7. The fourth-order valence-corrected chi connectivity index (χ4v) is 1.42. The number of para-hydroxylation sites is 1. The molecule has 0 aliphatic carbocycles. The molecule has 1 aromatic carbocycles. The maximum atomic E-state index is 11.7. The number of hydrogen-bond donors (Lipinski definition) is 2. The average Bonchev–Trinajstić information content (AvgIpc) is 2.39.